The molecule has 0 saturated carbocycles. The normalized spacial score (nSPS) is 18.9. The van der Waals surface area contributed by atoms with Crippen LogP contribution >= 0.6 is 11.3 Å². The van der Waals surface area contributed by atoms with Crippen LogP contribution in [0.5, 0.6) is 0 Å². The summed E-state index contributed by atoms with van der Waals surface area (Å²) in [6, 6.07) is 4.08. The van der Waals surface area contributed by atoms with Crippen molar-refractivity contribution in [2.24, 2.45) is 5.92 Å². The lowest BCUT2D eigenvalue weighted by Crippen LogP contribution is -2.43. The largest absolute Gasteiger partial charge is 0.350 e. The predicted molar refractivity (Wildman–Crippen MR) is 88.5 cm³/mol. The zero-order chi connectivity index (χ0) is 14.9. The number of nitrogens with zero attached hydrogens (tertiary/aromatic N) is 1. The van der Waals surface area contributed by atoms with Gasteiger partial charge in [-0.1, -0.05) is 13.0 Å². The van der Waals surface area contributed by atoms with Gasteiger partial charge >= 0.3 is 0 Å². The van der Waals surface area contributed by atoms with Gasteiger partial charge < -0.3 is 10.6 Å². The summed E-state index contributed by atoms with van der Waals surface area (Å²) < 4.78 is 0. The van der Waals surface area contributed by atoms with E-state index in [9.17, 15) is 4.79 Å². The van der Waals surface area contributed by atoms with E-state index in [1.165, 1.54) is 17.7 Å². The van der Waals surface area contributed by atoms with Gasteiger partial charge in [-0.3, -0.25) is 9.69 Å². The molecule has 0 aliphatic carbocycles. The molecule has 2 rings (SSSR count). The summed E-state index contributed by atoms with van der Waals surface area (Å²) in [4.78, 5) is 15.6. The maximum Gasteiger partial charge on any atom is 0.234 e. The Balaban J connectivity index is 1.73. The zero-order valence-corrected chi connectivity index (χ0v) is 13.8. The summed E-state index contributed by atoms with van der Waals surface area (Å²) in [5, 5.41) is 8.52. The number of carbonyl (C=O) groups excluding carboxylic acids is 1. The quantitative estimate of drug-likeness (QED) is 0.773. The molecule has 1 amide bonds. The highest BCUT2D eigenvalue weighted by molar-refractivity contribution is 7.09. The van der Waals surface area contributed by atoms with Gasteiger partial charge in [-0.2, -0.15) is 0 Å². The van der Waals surface area contributed by atoms with E-state index >= 15 is 0 Å². The highest BCUT2D eigenvalue weighted by atomic mass is 32.1. The first-order valence-corrected chi connectivity index (χ1v) is 8.88. The van der Waals surface area contributed by atoms with Crippen molar-refractivity contribution in [3.8, 4) is 0 Å². The van der Waals surface area contributed by atoms with Crippen molar-refractivity contribution in [2.45, 2.75) is 32.7 Å². The lowest BCUT2D eigenvalue weighted by molar-refractivity contribution is -0.122. The molecule has 118 valence electrons. The molecule has 2 heterocycles. The van der Waals surface area contributed by atoms with E-state index in [0.717, 1.165) is 32.6 Å². The SMILES string of the molecule is CCCN(CC(=O)NCc1cccs1)CC1CCCNC1. The van der Waals surface area contributed by atoms with Gasteiger partial charge in [0.05, 0.1) is 13.1 Å². The van der Waals surface area contributed by atoms with Crippen LogP contribution in [0, 0.1) is 5.92 Å². The number of hydrogen-bond acceptors (Lipinski definition) is 4. The van der Waals surface area contributed by atoms with Crippen LogP contribution in [-0.4, -0.2) is 43.5 Å². The van der Waals surface area contributed by atoms with Gasteiger partial charge in [-0.25, -0.2) is 0 Å². The molecule has 1 atom stereocenters. The molecular weight excluding hydrogens is 282 g/mol. The van der Waals surface area contributed by atoms with E-state index in [4.69, 9.17) is 0 Å². The Morgan fingerprint density at radius 1 is 1.57 bits per heavy atom. The number of nitrogens with one attached hydrogen (secondary N) is 2. The van der Waals surface area contributed by atoms with Crippen LogP contribution in [0.1, 0.15) is 31.1 Å². The minimum Gasteiger partial charge on any atom is -0.350 e. The van der Waals surface area contributed by atoms with E-state index in [-0.39, 0.29) is 5.91 Å². The fraction of sp³-hybridized carbons (Fsp3) is 0.688. The molecule has 1 unspecified atom stereocenters. The van der Waals surface area contributed by atoms with E-state index in [1.54, 1.807) is 11.3 Å². The Labute approximate surface area is 131 Å². The van der Waals surface area contributed by atoms with E-state index in [2.05, 4.69) is 28.5 Å². The molecule has 1 fully saturated rings. The summed E-state index contributed by atoms with van der Waals surface area (Å²) >= 11 is 1.69. The third-order valence-corrected chi connectivity index (χ3v) is 4.74. The molecule has 21 heavy (non-hydrogen) atoms. The molecule has 0 spiro atoms. The first kappa shape index (κ1) is 16.5. The van der Waals surface area contributed by atoms with Gasteiger partial charge in [0, 0.05) is 11.4 Å². The van der Waals surface area contributed by atoms with E-state index in [0.29, 0.717) is 19.0 Å². The number of thiophene rings is 1. The van der Waals surface area contributed by atoms with Crippen LogP contribution in [0.25, 0.3) is 0 Å². The molecule has 1 saturated heterocycles. The molecule has 4 nitrogen and oxygen atoms in total. The van der Waals surface area contributed by atoms with Crippen molar-refractivity contribution < 1.29 is 4.79 Å². The molecule has 2 N–H and O–H groups in total. The van der Waals surface area contributed by atoms with Gasteiger partial charge in [0.2, 0.25) is 5.91 Å². The second-order valence-electron chi connectivity index (χ2n) is 5.80. The number of rotatable bonds is 8. The average molecular weight is 309 g/mol. The highest BCUT2D eigenvalue weighted by Gasteiger charge is 2.18. The van der Waals surface area contributed by atoms with Crippen molar-refractivity contribution in [1.29, 1.82) is 0 Å². The molecule has 0 aromatic carbocycles. The Hall–Kier alpha value is -0.910. The van der Waals surface area contributed by atoms with Gasteiger partial charge in [0.1, 0.15) is 0 Å². The first-order chi connectivity index (χ1) is 10.3. The average Bonchev–Trinajstić information content (AvgIpc) is 3.00. The lowest BCUT2D eigenvalue weighted by atomic mass is 9.99. The number of piperidine rings is 1. The molecule has 1 aromatic heterocycles. The summed E-state index contributed by atoms with van der Waals surface area (Å²) in [7, 11) is 0. The third-order valence-electron chi connectivity index (χ3n) is 3.86. The minimum absolute atomic E-state index is 0.139. The van der Waals surface area contributed by atoms with Gasteiger partial charge in [-0.05, 0) is 56.3 Å². The van der Waals surface area contributed by atoms with Crippen molar-refractivity contribution >= 4 is 17.2 Å². The highest BCUT2D eigenvalue weighted by Crippen LogP contribution is 2.12. The molecular formula is C16H27N3OS. The second kappa shape index (κ2) is 9.18. The predicted octanol–water partition coefficient (Wildman–Crippen LogP) is 2.08. The Kier molecular flexibility index (Phi) is 7.19. The molecule has 0 bridgehead atoms. The fourth-order valence-corrected chi connectivity index (χ4v) is 3.50. The Morgan fingerprint density at radius 3 is 3.14 bits per heavy atom. The zero-order valence-electron chi connectivity index (χ0n) is 12.9. The molecule has 5 heteroatoms. The first-order valence-electron chi connectivity index (χ1n) is 8.00. The number of carbonyl (C=O) groups is 1. The van der Waals surface area contributed by atoms with Crippen LogP contribution in [0.15, 0.2) is 17.5 Å². The molecule has 0 radical (unpaired) electrons. The summed E-state index contributed by atoms with van der Waals surface area (Å²) in [5.74, 6) is 0.830. The summed E-state index contributed by atoms with van der Waals surface area (Å²) in [5.41, 5.74) is 0. The fourth-order valence-electron chi connectivity index (χ4n) is 2.85. The van der Waals surface area contributed by atoms with Crippen LogP contribution in [0.3, 0.4) is 0 Å². The van der Waals surface area contributed by atoms with E-state index < -0.39 is 0 Å². The molecule has 1 aliphatic rings. The molecule has 1 aliphatic heterocycles. The van der Waals surface area contributed by atoms with Gasteiger partial charge in [0.15, 0.2) is 0 Å². The standard InChI is InChI=1S/C16H27N3OS/c1-2-8-19(12-14-5-3-7-17-10-14)13-16(20)18-11-15-6-4-9-21-15/h4,6,9,14,17H,2-3,5,7-8,10-13H2,1H3,(H,18,20). The van der Waals surface area contributed by atoms with Crippen LogP contribution in [0.2, 0.25) is 0 Å². The minimum atomic E-state index is 0.139. The van der Waals surface area contributed by atoms with Crippen molar-refractivity contribution in [3.05, 3.63) is 22.4 Å². The lowest BCUT2D eigenvalue weighted by Gasteiger charge is -2.29. The smallest absolute Gasteiger partial charge is 0.234 e. The maximum absolute atomic E-state index is 12.1. The van der Waals surface area contributed by atoms with Crippen LogP contribution in [0.4, 0.5) is 0 Å². The summed E-state index contributed by atoms with van der Waals surface area (Å²) in [6.07, 6.45) is 3.64. The van der Waals surface area contributed by atoms with Gasteiger partial charge in [0.25, 0.3) is 0 Å². The maximum atomic E-state index is 12.1. The Morgan fingerprint density at radius 2 is 2.48 bits per heavy atom. The van der Waals surface area contributed by atoms with Crippen molar-refractivity contribution in [2.75, 3.05) is 32.7 Å². The van der Waals surface area contributed by atoms with Gasteiger partial charge in [-0.15, -0.1) is 11.3 Å². The Bertz CT molecular complexity index is 402. The monoisotopic (exact) mass is 309 g/mol. The third kappa shape index (κ3) is 6.16. The topological polar surface area (TPSA) is 44.4 Å². The molecule has 1 aromatic rings. The van der Waals surface area contributed by atoms with Crippen molar-refractivity contribution in [1.82, 2.24) is 15.5 Å². The second-order valence-corrected chi connectivity index (χ2v) is 6.84. The summed E-state index contributed by atoms with van der Waals surface area (Å²) in [6.45, 7) is 7.63. The van der Waals surface area contributed by atoms with E-state index in [1.807, 2.05) is 11.4 Å². The number of hydrogen-bond donors (Lipinski definition) is 2. The number of amides is 1. The van der Waals surface area contributed by atoms with Crippen LogP contribution < -0.4 is 10.6 Å². The van der Waals surface area contributed by atoms with Crippen molar-refractivity contribution in [3.63, 3.8) is 0 Å². The van der Waals surface area contributed by atoms with Crippen LogP contribution in [-0.2, 0) is 11.3 Å².